The molecule has 1 aliphatic rings. The first-order valence-electron chi connectivity index (χ1n) is 10.1. The van der Waals surface area contributed by atoms with Crippen LogP contribution < -0.4 is 75.5 Å². The number of hydrogen-bond acceptors (Lipinski definition) is 11. The van der Waals surface area contributed by atoms with E-state index in [0.29, 0.717) is 0 Å². The van der Waals surface area contributed by atoms with Crippen molar-refractivity contribution in [1.29, 1.82) is 0 Å². The number of alkyl halides is 1. The number of rotatable bonds is 6. The molecular formula is C22H14ClN3Na2O9S2. The second-order valence-corrected chi connectivity index (χ2v) is 10.7. The molecule has 192 valence electrons. The molecule has 0 aromatic heterocycles. The molecular weight excluding hydrogens is 596 g/mol. The Labute approximate surface area is 271 Å². The van der Waals surface area contributed by atoms with Gasteiger partial charge in [0, 0.05) is 16.8 Å². The standard InChI is InChI=1S/C22H16ClN3O9S2.2Na/c23-9-17(27)26-13-6-5-10(7-15(13)36(30,31)32)25-14-8-16(37(33,34)35)20(24)19-18(14)21(28)11-3-1-2-4-12(11)22(19)29;;/h1-8,25H,9,24H2,(H,26,27)(H,30,31,32)(H,33,34,35);;/q;2*+1/p-2. The van der Waals surface area contributed by atoms with E-state index in [1.165, 1.54) is 30.3 Å². The molecule has 0 bridgehead atoms. The predicted octanol–water partition coefficient (Wildman–Crippen LogP) is -4.22. The van der Waals surface area contributed by atoms with Crippen molar-refractivity contribution in [3.05, 3.63) is 70.8 Å². The number of nitrogens with two attached hydrogens (primary N) is 1. The normalized spacial score (nSPS) is 12.4. The molecule has 0 heterocycles. The molecule has 0 atom stereocenters. The largest absolute Gasteiger partial charge is 1.00 e. The fraction of sp³-hybridized carbons (Fsp3) is 0.0455. The smallest absolute Gasteiger partial charge is 0.744 e. The summed E-state index contributed by atoms with van der Waals surface area (Å²) in [6.45, 7) is 0. The third-order valence-electron chi connectivity index (χ3n) is 5.39. The number of anilines is 4. The molecule has 1 amide bonds. The topological polar surface area (TPSA) is 216 Å². The van der Waals surface area contributed by atoms with E-state index in [1.54, 1.807) is 0 Å². The zero-order chi connectivity index (χ0) is 27.3. The van der Waals surface area contributed by atoms with Crippen LogP contribution in [0.25, 0.3) is 0 Å². The van der Waals surface area contributed by atoms with Crippen LogP contribution in [0.4, 0.5) is 22.7 Å². The van der Waals surface area contributed by atoms with Gasteiger partial charge in [-0.2, -0.15) is 0 Å². The summed E-state index contributed by atoms with van der Waals surface area (Å²) in [6, 6.07) is 9.48. The minimum atomic E-state index is -5.24. The van der Waals surface area contributed by atoms with Crippen LogP contribution in [0, 0.1) is 0 Å². The Kier molecular flexibility index (Phi) is 10.6. The fourth-order valence-corrected chi connectivity index (χ4v) is 5.21. The van der Waals surface area contributed by atoms with Crippen LogP contribution in [0.5, 0.6) is 0 Å². The summed E-state index contributed by atoms with van der Waals surface area (Å²) in [5.74, 6) is -2.86. The van der Waals surface area contributed by atoms with Crippen molar-refractivity contribution in [1.82, 2.24) is 0 Å². The Morgan fingerprint density at radius 3 is 1.87 bits per heavy atom. The van der Waals surface area contributed by atoms with Crippen LogP contribution in [0.3, 0.4) is 0 Å². The molecule has 0 aliphatic heterocycles. The van der Waals surface area contributed by atoms with Crippen LogP contribution in [0.15, 0.2) is 58.3 Å². The maximum Gasteiger partial charge on any atom is 1.00 e. The van der Waals surface area contributed by atoms with Gasteiger partial charge in [-0.05, 0) is 24.3 Å². The number of nitrogens with one attached hydrogen (secondary N) is 2. The van der Waals surface area contributed by atoms with Crippen molar-refractivity contribution in [2.75, 3.05) is 22.2 Å². The predicted molar refractivity (Wildman–Crippen MR) is 129 cm³/mol. The molecule has 4 rings (SSSR count). The first-order valence-corrected chi connectivity index (χ1v) is 13.4. The first-order chi connectivity index (χ1) is 17.2. The molecule has 1 aliphatic carbocycles. The number of amides is 1. The van der Waals surface area contributed by atoms with Crippen LogP contribution in [-0.2, 0) is 25.0 Å². The Morgan fingerprint density at radius 1 is 0.821 bits per heavy atom. The summed E-state index contributed by atoms with van der Waals surface area (Å²) >= 11 is 5.40. The zero-order valence-electron chi connectivity index (χ0n) is 20.3. The van der Waals surface area contributed by atoms with E-state index in [0.717, 1.165) is 18.2 Å². The minimum Gasteiger partial charge on any atom is -0.744 e. The van der Waals surface area contributed by atoms with E-state index in [4.69, 9.17) is 17.3 Å². The van der Waals surface area contributed by atoms with Gasteiger partial charge in [-0.3, -0.25) is 14.4 Å². The number of fused-ring (bicyclic) bond motifs is 2. The molecule has 0 saturated heterocycles. The molecule has 0 radical (unpaired) electrons. The van der Waals surface area contributed by atoms with Crippen LogP contribution in [0.2, 0.25) is 0 Å². The average Bonchev–Trinajstić information content (AvgIpc) is 2.82. The zero-order valence-corrected chi connectivity index (χ0v) is 26.7. The van der Waals surface area contributed by atoms with Gasteiger partial charge >= 0.3 is 59.1 Å². The van der Waals surface area contributed by atoms with Gasteiger partial charge in [0.2, 0.25) is 5.91 Å². The molecule has 39 heavy (non-hydrogen) atoms. The van der Waals surface area contributed by atoms with Crippen LogP contribution >= 0.6 is 11.6 Å². The summed E-state index contributed by atoms with van der Waals surface area (Å²) < 4.78 is 71.2. The number of hydrogen-bond donors (Lipinski definition) is 3. The van der Waals surface area contributed by atoms with E-state index in [-0.39, 0.29) is 92.9 Å². The second kappa shape index (κ2) is 12.4. The number of benzene rings is 3. The van der Waals surface area contributed by atoms with Gasteiger partial charge in [0.15, 0.2) is 11.6 Å². The van der Waals surface area contributed by atoms with E-state index in [2.05, 4.69) is 10.6 Å². The summed E-state index contributed by atoms with van der Waals surface area (Å²) in [5.41, 5.74) is 3.29. The molecule has 12 nitrogen and oxygen atoms in total. The monoisotopic (exact) mass is 609 g/mol. The Bertz CT molecular complexity index is 1750. The molecule has 17 heteroatoms. The number of halogens is 1. The Hall–Kier alpha value is -1.82. The Morgan fingerprint density at radius 2 is 1.36 bits per heavy atom. The third-order valence-corrected chi connectivity index (χ3v) is 7.39. The van der Waals surface area contributed by atoms with E-state index in [9.17, 15) is 40.3 Å². The van der Waals surface area contributed by atoms with E-state index >= 15 is 0 Å². The van der Waals surface area contributed by atoms with Crippen LogP contribution in [-0.4, -0.2) is 49.3 Å². The van der Waals surface area contributed by atoms with E-state index in [1.807, 2.05) is 0 Å². The minimum absolute atomic E-state index is 0. The maximum absolute atomic E-state index is 13.3. The van der Waals surface area contributed by atoms with Gasteiger partial charge in [-0.25, -0.2) is 16.8 Å². The number of carbonyl (C=O) groups excluding carboxylic acids is 3. The van der Waals surface area contributed by atoms with Gasteiger partial charge in [0.1, 0.15) is 26.1 Å². The molecule has 4 N–H and O–H groups in total. The fourth-order valence-electron chi connectivity index (χ4n) is 3.85. The van der Waals surface area contributed by atoms with Crippen molar-refractivity contribution < 1.29 is 99.4 Å². The molecule has 0 spiro atoms. The Balaban J connectivity index is 0.00000267. The summed E-state index contributed by atoms with van der Waals surface area (Å²) in [5, 5.41) is 4.74. The van der Waals surface area contributed by atoms with E-state index < -0.39 is 64.6 Å². The number of ketones is 2. The second-order valence-electron chi connectivity index (χ2n) is 7.72. The molecule has 3 aromatic rings. The quantitative estimate of drug-likeness (QED) is 0.0824. The third kappa shape index (κ3) is 6.57. The molecule has 3 aromatic carbocycles. The molecule has 0 unspecified atom stereocenters. The van der Waals surface area contributed by atoms with Crippen molar-refractivity contribution in [3.8, 4) is 0 Å². The number of carbonyl (C=O) groups is 3. The van der Waals surface area contributed by atoms with Gasteiger partial charge < -0.3 is 25.5 Å². The van der Waals surface area contributed by atoms with Gasteiger partial charge in [0.25, 0.3) is 0 Å². The molecule has 0 fully saturated rings. The maximum atomic E-state index is 13.3. The summed E-state index contributed by atoms with van der Waals surface area (Å²) in [4.78, 5) is 36.3. The van der Waals surface area contributed by atoms with Crippen molar-refractivity contribution in [3.63, 3.8) is 0 Å². The van der Waals surface area contributed by atoms with Crippen LogP contribution in [0.1, 0.15) is 31.8 Å². The summed E-state index contributed by atoms with van der Waals surface area (Å²) in [6.07, 6.45) is 0. The SMILES string of the molecule is Nc1c(S(=O)(=O)[O-])cc(Nc2ccc(NC(=O)CCl)c(S(=O)(=O)[O-])c2)c2c1C(=O)c1ccccc1C2=O.[Na+].[Na+]. The summed E-state index contributed by atoms with van der Waals surface area (Å²) in [7, 11) is -10.4. The van der Waals surface area contributed by atoms with Gasteiger partial charge in [0.05, 0.1) is 38.0 Å². The van der Waals surface area contributed by atoms with Crippen molar-refractivity contribution in [2.45, 2.75) is 9.79 Å². The van der Waals surface area contributed by atoms with Crippen molar-refractivity contribution >= 4 is 72.1 Å². The van der Waals surface area contributed by atoms with Gasteiger partial charge in [-0.15, -0.1) is 11.6 Å². The molecule has 0 saturated carbocycles. The average molecular weight is 610 g/mol. The van der Waals surface area contributed by atoms with Gasteiger partial charge in [-0.1, -0.05) is 24.3 Å². The number of nitrogen functional groups attached to an aromatic ring is 1. The first kappa shape index (κ1) is 33.4. The van der Waals surface area contributed by atoms with Crippen molar-refractivity contribution in [2.24, 2.45) is 0 Å².